The van der Waals surface area contributed by atoms with Crippen LogP contribution in [0.1, 0.15) is 31.4 Å². The molecule has 1 aliphatic rings. The van der Waals surface area contributed by atoms with Crippen molar-refractivity contribution in [1.82, 2.24) is 20.2 Å². The highest BCUT2D eigenvalue weighted by Crippen LogP contribution is 2.39. The number of hydrogen-bond acceptors (Lipinski definition) is 7. The minimum Gasteiger partial charge on any atom is -0.324 e. The van der Waals surface area contributed by atoms with Gasteiger partial charge < -0.3 is 10.6 Å². The molecule has 0 aliphatic heterocycles. The molecule has 9 nitrogen and oxygen atoms in total. The number of nitrogens with one attached hydrogen (secondary N) is 4. The van der Waals surface area contributed by atoms with E-state index in [1.165, 1.54) is 12.8 Å². The molecule has 2 heterocycles. The first-order valence-electron chi connectivity index (χ1n) is 9.04. The Morgan fingerprint density at radius 3 is 2.54 bits per heavy atom. The summed E-state index contributed by atoms with van der Waals surface area (Å²) < 4.78 is 25.7. The Morgan fingerprint density at radius 2 is 1.82 bits per heavy atom. The summed E-state index contributed by atoms with van der Waals surface area (Å²) in [5.41, 5.74) is 2.40. The van der Waals surface area contributed by atoms with Gasteiger partial charge in [0.2, 0.25) is 16.0 Å². The van der Waals surface area contributed by atoms with Crippen LogP contribution in [0.5, 0.6) is 0 Å². The number of rotatable bonds is 8. The number of aromatic amines is 1. The Morgan fingerprint density at radius 1 is 1.07 bits per heavy atom. The van der Waals surface area contributed by atoms with E-state index in [0.29, 0.717) is 23.4 Å². The van der Waals surface area contributed by atoms with Gasteiger partial charge in [-0.1, -0.05) is 0 Å². The van der Waals surface area contributed by atoms with Crippen LogP contribution >= 0.6 is 0 Å². The molecular weight excluding hydrogens is 378 g/mol. The summed E-state index contributed by atoms with van der Waals surface area (Å²) in [4.78, 5) is 8.64. The third-order valence-corrected chi connectivity index (χ3v) is 5.63. The maximum atomic E-state index is 11.6. The van der Waals surface area contributed by atoms with Crippen LogP contribution in [0.25, 0.3) is 0 Å². The highest BCUT2D eigenvalue weighted by molar-refractivity contribution is 7.92. The van der Waals surface area contributed by atoms with E-state index >= 15 is 0 Å². The molecular formula is C18H21N7O2S. The predicted octanol–water partition coefficient (Wildman–Crippen LogP) is 3.33. The van der Waals surface area contributed by atoms with Crippen molar-refractivity contribution in [3.63, 3.8) is 0 Å². The summed E-state index contributed by atoms with van der Waals surface area (Å²) in [7, 11) is -3.29. The van der Waals surface area contributed by atoms with Gasteiger partial charge in [0.15, 0.2) is 5.82 Å². The van der Waals surface area contributed by atoms with Crippen molar-refractivity contribution < 1.29 is 8.42 Å². The highest BCUT2D eigenvalue weighted by Gasteiger charge is 2.25. The number of anilines is 5. The molecule has 0 bridgehead atoms. The molecule has 3 aromatic rings. The van der Waals surface area contributed by atoms with E-state index in [-0.39, 0.29) is 5.75 Å². The maximum absolute atomic E-state index is 11.6. The molecule has 1 aromatic carbocycles. The molecule has 0 atom stereocenters. The molecule has 1 fully saturated rings. The highest BCUT2D eigenvalue weighted by atomic mass is 32.2. The molecule has 146 valence electrons. The van der Waals surface area contributed by atoms with E-state index in [1.807, 2.05) is 6.07 Å². The van der Waals surface area contributed by atoms with Crippen molar-refractivity contribution in [2.24, 2.45) is 0 Å². The third-order valence-electron chi connectivity index (χ3n) is 4.32. The first-order chi connectivity index (χ1) is 13.5. The summed E-state index contributed by atoms with van der Waals surface area (Å²) in [5, 5.41) is 13.6. The molecule has 0 radical (unpaired) electrons. The molecule has 0 unspecified atom stereocenters. The molecule has 10 heteroatoms. The summed E-state index contributed by atoms with van der Waals surface area (Å²) in [6.45, 7) is 1.59. The van der Waals surface area contributed by atoms with Crippen LogP contribution in [-0.4, -0.2) is 34.3 Å². The monoisotopic (exact) mass is 399 g/mol. The molecule has 1 saturated carbocycles. The normalized spacial score (nSPS) is 13.9. The quantitative estimate of drug-likeness (QED) is 0.458. The number of H-pyrrole nitrogens is 1. The lowest BCUT2D eigenvalue weighted by molar-refractivity contribution is 0.602. The van der Waals surface area contributed by atoms with Gasteiger partial charge in [0.1, 0.15) is 5.82 Å². The van der Waals surface area contributed by atoms with Crippen LogP contribution in [-0.2, 0) is 10.0 Å². The number of aromatic nitrogens is 4. The van der Waals surface area contributed by atoms with Gasteiger partial charge in [-0.3, -0.25) is 9.82 Å². The second-order valence-corrected chi connectivity index (χ2v) is 8.59. The smallest absolute Gasteiger partial charge is 0.232 e. The summed E-state index contributed by atoms with van der Waals surface area (Å²) in [5.74, 6) is 2.40. The van der Waals surface area contributed by atoms with Gasteiger partial charge in [-0.05, 0) is 50.1 Å². The summed E-state index contributed by atoms with van der Waals surface area (Å²) in [6, 6.07) is 10.6. The van der Waals surface area contributed by atoms with Crippen molar-refractivity contribution in [3.05, 3.63) is 48.3 Å². The SMILES string of the molecule is CCS(=O)(=O)Nc1ccc(Nc2nccc(Nc3cc(C4CC4)[nH]n3)n2)cc1. The fourth-order valence-corrected chi connectivity index (χ4v) is 3.27. The molecule has 1 aliphatic carbocycles. The second-order valence-electron chi connectivity index (χ2n) is 6.58. The average Bonchev–Trinajstić information content (AvgIpc) is 3.43. The van der Waals surface area contributed by atoms with E-state index in [0.717, 1.165) is 17.2 Å². The van der Waals surface area contributed by atoms with Gasteiger partial charge in [0.05, 0.1) is 5.75 Å². The Bertz CT molecular complexity index is 1060. The Hall–Kier alpha value is -3.14. The zero-order valence-electron chi connectivity index (χ0n) is 15.3. The number of benzene rings is 1. The average molecular weight is 399 g/mol. The van der Waals surface area contributed by atoms with E-state index < -0.39 is 10.0 Å². The van der Waals surface area contributed by atoms with Crippen molar-refractivity contribution in [2.45, 2.75) is 25.7 Å². The molecule has 0 saturated heterocycles. The van der Waals surface area contributed by atoms with Crippen molar-refractivity contribution in [3.8, 4) is 0 Å². The van der Waals surface area contributed by atoms with E-state index in [4.69, 9.17) is 0 Å². The van der Waals surface area contributed by atoms with Crippen molar-refractivity contribution in [1.29, 1.82) is 0 Å². The van der Waals surface area contributed by atoms with Crippen molar-refractivity contribution >= 4 is 39.0 Å². The maximum Gasteiger partial charge on any atom is 0.232 e. The molecule has 0 spiro atoms. The van der Waals surface area contributed by atoms with Gasteiger partial charge >= 0.3 is 0 Å². The minimum absolute atomic E-state index is 0.0266. The Kier molecular flexibility index (Phi) is 4.86. The lowest BCUT2D eigenvalue weighted by Crippen LogP contribution is -2.14. The second kappa shape index (κ2) is 7.47. The van der Waals surface area contributed by atoms with Crippen LogP contribution in [0.3, 0.4) is 0 Å². The summed E-state index contributed by atoms with van der Waals surface area (Å²) >= 11 is 0. The van der Waals surface area contributed by atoms with Gasteiger partial charge in [-0.15, -0.1) is 0 Å². The standard InChI is InChI=1S/C18H21N7O2S/c1-2-28(26,27)25-14-7-5-13(6-8-14)20-18-19-10-9-16(22-18)21-17-11-15(23-24-17)12-3-4-12/h5-12,25H,2-4H2,1H3,(H3,19,20,21,22,23,24). The van der Waals surface area contributed by atoms with Crippen LogP contribution in [0.4, 0.5) is 29.0 Å². The fraction of sp³-hybridized carbons (Fsp3) is 0.278. The first-order valence-corrected chi connectivity index (χ1v) is 10.7. The van der Waals surface area contributed by atoms with Gasteiger partial charge in [-0.25, -0.2) is 13.4 Å². The lowest BCUT2D eigenvalue weighted by atomic mass is 10.3. The van der Waals surface area contributed by atoms with Gasteiger partial charge in [0.25, 0.3) is 0 Å². The minimum atomic E-state index is -3.29. The Labute approximate surface area is 163 Å². The molecule has 28 heavy (non-hydrogen) atoms. The van der Waals surface area contributed by atoms with Crippen LogP contribution < -0.4 is 15.4 Å². The molecule has 4 N–H and O–H groups in total. The van der Waals surface area contributed by atoms with E-state index in [2.05, 4.69) is 35.5 Å². The Balaban J connectivity index is 1.41. The topological polar surface area (TPSA) is 125 Å². The van der Waals surface area contributed by atoms with Gasteiger partial charge in [0, 0.05) is 35.2 Å². The molecule has 2 aromatic heterocycles. The largest absolute Gasteiger partial charge is 0.324 e. The first kappa shape index (κ1) is 18.2. The number of sulfonamides is 1. The number of hydrogen-bond donors (Lipinski definition) is 4. The van der Waals surface area contributed by atoms with Crippen LogP contribution in [0.15, 0.2) is 42.6 Å². The van der Waals surface area contributed by atoms with E-state index in [1.54, 1.807) is 43.5 Å². The summed E-state index contributed by atoms with van der Waals surface area (Å²) in [6.07, 6.45) is 4.07. The third kappa shape index (κ3) is 4.58. The van der Waals surface area contributed by atoms with Crippen LogP contribution in [0, 0.1) is 0 Å². The van der Waals surface area contributed by atoms with Crippen molar-refractivity contribution in [2.75, 3.05) is 21.1 Å². The zero-order chi connectivity index (χ0) is 19.6. The van der Waals surface area contributed by atoms with E-state index in [9.17, 15) is 8.42 Å². The molecule has 0 amide bonds. The number of nitrogens with zero attached hydrogens (tertiary/aromatic N) is 3. The predicted molar refractivity (Wildman–Crippen MR) is 109 cm³/mol. The van der Waals surface area contributed by atoms with Gasteiger partial charge in [-0.2, -0.15) is 10.1 Å². The lowest BCUT2D eigenvalue weighted by Gasteiger charge is -2.09. The fourth-order valence-electron chi connectivity index (χ4n) is 2.63. The molecule has 4 rings (SSSR count). The van der Waals surface area contributed by atoms with Crippen LogP contribution in [0.2, 0.25) is 0 Å². The zero-order valence-corrected chi connectivity index (χ0v) is 16.1.